The molecule has 0 fully saturated rings. The monoisotopic (exact) mass is 311 g/mol. The minimum absolute atomic E-state index is 0.144. The first kappa shape index (κ1) is 15.1. The summed E-state index contributed by atoms with van der Waals surface area (Å²) < 4.78 is 11.0. The van der Waals surface area contributed by atoms with Crippen molar-refractivity contribution in [2.75, 3.05) is 7.11 Å². The molecule has 1 N–H and O–H groups in total. The van der Waals surface area contributed by atoms with Crippen LogP contribution in [0.5, 0.6) is 11.6 Å². The van der Waals surface area contributed by atoms with E-state index in [0.717, 1.165) is 6.42 Å². The van der Waals surface area contributed by atoms with Gasteiger partial charge in [-0.15, -0.1) is 0 Å². The summed E-state index contributed by atoms with van der Waals surface area (Å²) in [6.07, 6.45) is 3.06. The van der Waals surface area contributed by atoms with Gasteiger partial charge in [-0.25, -0.2) is 4.98 Å². The van der Waals surface area contributed by atoms with Crippen LogP contribution in [0.4, 0.5) is 0 Å². The van der Waals surface area contributed by atoms with Crippen LogP contribution in [0.15, 0.2) is 45.7 Å². The van der Waals surface area contributed by atoms with Gasteiger partial charge in [-0.1, -0.05) is 13.3 Å². The fraction of sp³-hybridized carbons (Fsp3) is 0.222. The number of phenols is 1. The number of hydrogen-bond donors (Lipinski definition) is 1. The fourth-order valence-electron chi connectivity index (χ4n) is 2.54. The van der Waals surface area contributed by atoms with Gasteiger partial charge in [0, 0.05) is 29.5 Å². The number of ether oxygens (including phenoxy) is 1. The van der Waals surface area contributed by atoms with Gasteiger partial charge in [0.05, 0.1) is 12.5 Å². The van der Waals surface area contributed by atoms with Crippen molar-refractivity contribution in [1.29, 1.82) is 0 Å². The van der Waals surface area contributed by atoms with Gasteiger partial charge in [-0.05, 0) is 24.6 Å². The number of aryl methyl sites for hydroxylation is 1. The molecule has 3 rings (SSSR count). The molecule has 0 atom stereocenters. The molecular weight excluding hydrogens is 294 g/mol. The molecule has 0 aliphatic heterocycles. The highest BCUT2D eigenvalue weighted by Crippen LogP contribution is 2.30. The molecule has 0 amide bonds. The van der Waals surface area contributed by atoms with E-state index in [1.807, 2.05) is 6.92 Å². The van der Waals surface area contributed by atoms with Crippen molar-refractivity contribution < 1.29 is 14.3 Å². The number of aromatic nitrogens is 1. The van der Waals surface area contributed by atoms with Gasteiger partial charge < -0.3 is 14.3 Å². The number of phenolic OH excluding ortho intramolecular Hbond substituents is 1. The lowest BCUT2D eigenvalue weighted by atomic mass is 10.0. The molecule has 2 aromatic heterocycles. The number of aromatic hydroxyl groups is 1. The number of nitrogens with zero attached hydrogens (tertiary/aromatic N) is 1. The van der Waals surface area contributed by atoms with Crippen LogP contribution in [0.1, 0.15) is 18.9 Å². The Kier molecular flexibility index (Phi) is 4.02. The van der Waals surface area contributed by atoms with E-state index in [9.17, 15) is 9.90 Å². The van der Waals surface area contributed by atoms with Crippen LogP contribution >= 0.6 is 0 Å². The Hall–Kier alpha value is -2.82. The molecule has 0 spiro atoms. The quantitative estimate of drug-likeness (QED) is 0.798. The largest absolute Gasteiger partial charge is 0.508 e. The molecule has 0 saturated carbocycles. The normalized spacial score (nSPS) is 10.9. The van der Waals surface area contributed by atoms with Gasteiger partial charge in [0.25, 0.3) is 0 Å². The molecule has 0 bridgehead atoms. The molecule has 0 radical (unpaired) electrons. The number of pyridine rings is 1. The Labute approximate surface area is 133 Å². The lowest BCUT2D eigenvalue weighted by molar-refractivity contribution is 0.398. The average Bonchev–Trinajstić information content (AvgIpc) is 2.57. The first-order valence-electron chi connectivity index (χ1n) is 7.43. The molecular formula is C18H17NO4. The molecule has 3 aromatic rings. The SMILES string of the molecule is CCCc1c(O)ccc2c(=O)cc(-c3ccc(OC)nc3)oc12. The summed E-state index contributed by atoms with van der Waals surface area (Å²) in [5.74, 6) is 1.05. The maximum absolute atomic E-state index is 12.4. The highest BCUT2D eigenvalue weighted by atomic mass is 16.5. The van der Waals surface area contributed by atoms with Crippen LogP contribution in [0.25, 0.3) is 22.3 Å². The van der Waals surface area contributed by atoms with Crippen molar-refractivity contribution in [2.24, 2.45) is 0 Å². The first-order chi connectivity index (χ1) is 11.1. The van der Waals surface area contributed by atoms with E-state index in [1.54, 1.807) is 30.5 Å². The summed E-state index contributed by atoms with van der Waals surface area (Å²) in [6, 6.07) is 8.05. The van der Waals surface area contributed by atoms with Crippen molar-refractivity contribution >= 4 is 11.0 Å². The highest BCUT2D eigenvalue weighted by Gasteiger charge is 2.13. The molecule has 5 heteroatoms. The summed E-state index contributed by atoms with van der Waals surface area (Å²) in [6.45, 7) is 2.01. The second-order valence-electron chi connectivity index (χ2n) is 5.25. The van der Waals surface area contributed by atoms with Gasteiger partial charge in [0.1, 0.15) is 17.1 Å². The van der Waals surface area contributed by atoms with E-state index in [1.165, 1.54) is 13.2 Å². The van der Waals surface area contributed by atoms with Gasteiger partial charge in [-0.3, -0.25) is 4.79 Å². The van der Waals surface area contributed by atoms with Crippen LogP contribution in [0.2, 0.25) is 0 Å². The number of methoxy groups -OCH3 is 1. The third kappa shape index (κ3) is 2.77. The van der Waals surface area contributed by atoms with E-state index < -0.39 is 0 Å². The summed E-state index contributed by atoms with van der Waals surface area (Å²) in [4.78, 5) is 16.5. The van der Waals surface area contributed by atoms with E-state index in [4.69, 9.17) is 9.15 Å². The van der Waals surface area contributed by atoms with Crippen molar-refractivity contribution in [3.63, 3.8) is 0 Å². The molecule has 0 aliphatic carbocycles. The Morgan fingerprint density at radius 2 is 2.09 bits per heavy atom. The Balaban J connectivity index is 2.22. The lowest BCUT2D eigenvalue weighted by Crippen LogP contribution is -2.02. The van der Waals surface area contributed by atoms with E-state index >= 15 is 0 Å². The Bertz CT molecular complexity index is 897. The Morgan fingerprint density at radius 1 is 1.26 bits per heavy atom. The number of fused-ring (bicyclic) bond motifs is 1. The van der Waals surface area contributed by atoms with E-state index in [0.29, 0.717) is 40.2 Å². The molecule has 0 aliphatic rings. The minimum Gasteiger partial charge on any atom is -0.508 e. The highest BCUT2D eigenvalue weighted by molar-refractivity contribution is 5.83. The van der Waals surface area contributed by atoms with Crippen molar-refractivity contribution in [3.05, 3.63) is 52.3 Å². The van der Waals surface area contributed by atoms with Gasteiger partial charge in [0.15, 0.2) is 5.43 Å². The number of hydrogen-bond acceptors (Lipinski definition) is 5. The van der Waals surface area contributed by atoms with Crippen LogP contribution in [0.3, 0.4) is 0 Å². The summed E-state index contributed by atoms with van der Waals surface area (Å²) in [5, 5.41) is 10.5. The summed E-state index contributed by atoms with van der Waals surface area (Å²) >= 11 is 0. The van der Waals surface area contributed by atoms with Crippen LogP contribution in [-0.2, 0) is 6.42 Å². The molecule has 0 saturated heterocycles. The van der Waals surface area contributed by atoms with Gasteiger partial charge in [0.2, 0.25) is 5.88 Å². The average molecular weight is 311 g/mol. The van der Waals surface area contributed by atoms with Crippen molar-refractivity contribution in [2.45, 2.75) is 19.8 Å². The third-order valence-electron chi connectivity index (χ3n) is 3.71. The van der Waals surface area contributed by atoms with Crippen LogP contribution in [-0.4, -0.2) is 17.2 Å². The zero-order valence-electron chi connectivity index (χ0n) is 13.0. The van der Waals surface area contributed by atoms with Gasteiger partial charge >= 0.3 is 0 Å². The fourth-order valence-corrected chi connectivity index (χ4v) is 2.54. The van der Waals surface area contributed by atoms with Crippen LogP contribution < -0.4 is 10.2 Å². The third-order valence-corrected chi connectivity index (χ3v) is 3.71. The predicted molar refractivity (Wildman–Crippen MR) is 87.9 cm³/mol. The standard InChI is InChI=1S/C18H17NO4/c1-3-4-12-14(20)7-6-13-15(21)9-16(23-18(12)13)11-5-8-17(22-2)19-10-11/h5-10,20H,3-4H2,1-2H3. The topological polar surface area (TPSA) is 72.6 Å². The Morgan fingerprint density at radius 3 is 2.74 bits per heavy atom. The summed E-state index contributed by atoms with van der Waals surface area (Å²) in [5.41, 5.74) is 1.63. The molecule has 23 heavy (non-hydrogen) atoms. The smallest absolute Gasteiger partial charge is 0.212 e. The maximum Gasteiger partial charge on any atom is 0.212 e. The van der Waals surface area contributed by atoms with Crippen LogP contribution in [0, 0.1) is 0 Å². The second kappa shape index (κ2) is 6.12. The van der Waals surface area contributed by atoms with Crippen molar-refractivity contribution in [1.82, 2.24) is 4.98 Å². The number of benzene rings is 1. The van der Waals surface area contributed by atoms with Crippen molar-refractivity contribution in [3.8, 4) is 23.0 Å². The van der Waals surface area contributed by atoms with E-state index in [-0.39, 0.29) is 11.2 Å². The lowest BCUT2D eigenvalue weighted by Gasteiger charge is -2.09. The maximum atomic E-state index is 12.4. The zero-order valence-corrected chi connectivity index (χ0v) is 13.0. The molecule has 5 nitrogen and oxygen atoms in total. The molecule has 0 unspecified atom stereocenters. The molecule has 1 aromatic carbocycles. The van der Waals surface area contributed by atoms with Gasteiger partial charge in [-0.2, -0.15) is 0 Å². The predicted octanol–water partition coefficient (Wildman–Crippen LogP) is 3.52. The minimum atomic E-state index is -0.144. The summed E-state index contributed by atoms with van der Waals surface area (Å²) in [7, 11) is 1.54. The number of rotatable bonds is 4. The second-order valence-corrected chi connectivity index (χ2v) is 5.25. The van der Waals surface area contributed by atoms with E-state index in [2.05, 4.69) is 4.98 Å². The zero-order chi connectivity index (χ0) is 16.4. The molecule has 2 heterocycles. The molecule has 118 valence electrons. The first-order valence-corrected chi connectivity index (χ1v) is 7.43.